The summed E-state index contributed by atoms with van der Waals surface area (Å²) in [7, 11) is 0. The highest BCUT2D eigenvalue weighted by Gasteiger charge is 2.14. The van der Waals surface area contributed by atoms with E-state index in [0.717, 1.165) is 11.4 Å². The van der Waals surface area contributed by atoms with Crippen LogP contribution >= 0.6 is 11.3 Å². The predicted molar refractivity (Wildman–Crippen MR) is 157 cm³/mol. The minimum Gasteiger partial charge on any atom is -0.354 e. The number of benzene rings is 6. The van der Waals surface area contributed by atoms with Crippen LogP contribution in [0.25, 0.3) is 53.2 Å². The van der Waals surface area contributed by atoms with E-state index in [0.29, 0.717) is 0 Å². The summed E-state index contributed by atoms with van der Waals surface area (Å²) in [5, 5.41) is 8.93. The molecule has 0 radical (unpaired) electrons. The lowest BCUT2D eigenvalue weighted by molar-refractivity contribution is 1.57. The SMILES string of the molecule is c1ccc(-c2cccc3c2sc2c(Nc4ccccc4-c4cccc5ccccc45)cccc23)cc1. The minimum absolute atomic E-state index is 1.11. The van der Waals surface area contributed by atoms with Crippen molar-refractivity contribution in [3.8, 4) is 22.3 Å². The number of nitrogens with one attached hydrogen (secondary N) is 1. The van der Waals surface area contributed by atoms with Crippen molar-refractivity contribution in [3.05, 3.63) is 133 Å². The number of fused-ring (bicyclic) bond motifs is 4. The second kappa shape index (κ2) is 8.67. The average Bonchev–Trinajstić information content (AvgIpc) is 3.34. The molecule has 0 aliphatic heterocycles. The number of hydrogen-bond acceptors (Lipinski definition) is 2. The quantitative estimate of drug-likeness (QED) is 0.266. The maximum absolute atomic E-state index is 3.81. The molecule has 0 saturated carbocycles. The first-order chi connectivity index (χ1) is 17.9. The molecule has 2 heteroatoms. The largest absolute Gasteiger partial charge is 0.354 e. The molecule has 0 amide bonds. The van der Waals surface area contributed by atoms with Crippen LogP contribution in [0.5, 0.6) is 0 Å². The third-order valence-electron chi connectivity index (χ3n) is 6.89. The molecule has 7 rings (SSSR count). The van der Waals surface area contributed by atoms with Crippen LogP contribution in [0.3, 0.4) is 0 Å². The standard InChI is InChI=1S/C34H23NS/c1-2-11-24(12-3-1)26-17-9-19-29-30-20-10-22-32(34(30)36-33(26)29)35-31-21-7-6-16-28(31)27-18-8-14-23-13-4-5-15-25(23)27/h1-22,35H. The van der Waals surface area contributed by atoms with Gasteiger partial charge in [0.1, 0.15) is 0 Å². The highest BCUT2D eigenvalue weighted by molar-refractivity contribution is 7.27. The molecule has 0 unspecified atom stereocenters. The maximum Gasteiger partial charge on any atom is 0.0590 e. The van der Waals surface area contributed by atoms with Gasteiger partial charge in [-0.2, -0.15) is 0 Å². The molecule has 0 bridgehead atoms. The van der Waals surface area contributed by atoms with Gasteiger partial charge in [-0.05, 0) is 39.6 Å². The van der Waals surface area contributed by atoms with Gasteiger partial charge in [-0.15, -0.1) is 11.3 Å². The Balaban J connectivity index is 1.39. The summed E-state index contributed by atoms with van der Waals surface area (Å²) in [5.74, 6) is 0. The molecule has 1 nitrogen and oxygen atoms in total. The highest BCUT2D eigenvalue weighted by atomic mass is 32.1. The third kappa shape index (κ3) is 3.46. The summed E-state index contributed by atoms with van der Waals surface area (Å²) in [6.45, 7) is 0. The molecule has 0 spiro atoms. The minimum atomic E-state index is 1.11. The van der Waals surface area contributed by atoms with E-state index >= 15 is 0 Å². The van der Waals surface area contributed by atoms with Crippen molar-refractivity contribution in [2.75, 3.05) is 5.32 Å². The fourth-order valence-corrected chi connectivity index (χ4v) is 6.50. The van der Waals surface area contributed by atoms with Crippen LogP contribution in [-0.4, -0.2) is 0 Å². The first kappa shape index (κ1) is 20.9. The van der Waals surface area contributed by atoms with Crippen molar-refractivity contribution in [3.63, 3.8) is 0 Å². The number of para-hydroxylation sites is 1. The first-order valence-electron chi connectivity index (χ1n) is 12.2. The Hall–Kier alpha value is -4.40. The Kier molecular flexibility index (Phi) is 5.04. The monoisotopic (exact) mass is 477 g/mol. The lowest BCUT2D eigenvalue weighted by Crippen LogP contribution is -1.94. The van der Waals surface area contributed by atoms with Gasteiger partial charge >= 0.3 is 0 Å². The zero-order valence-corrected chi connectivity index (χ0v) is 20.4. The van der Waals surface area contributed by atoms with Crippen LogP contribution in [-0.2, 0) is 0 Å². The van der Waals surface area contributed by atoms with E-state index in [4.69, 9.17) is 0 Å². The zero-order chi connectivity index (χ0) is 23.9. The number of anilines is 2. The maximum atomic E-state index is 3.81. The summed E-state index contributed by atoms with van der Waals surface area (Å²) < 4.78 is 2.61. The molecule has 1 heterocycles. The van der Waals surface area contributed by atoms with E-state index in [-0.39, 0.29) is 0 Å². The van der Waals surface area contributed by atoms with Gasteiger partial charge in [-0.25, -0.2) is 0 Å². The van der Waals surface area contributed by atoms with Crippen LogP contribution in [0.15, 0.2) is 133 Å². The molecule has 170 valence electrons. The van der Waals surface area contributed by atoms with Crippen molar-refractivity contribution in [2.24, 2.45) is 0 Å². The molecule has 1 N–H and O–H groups in total. The topological polar surface area (TPSA) is 12.0 Å². The van der Waals surface area contributed by atoms with Crippen molar-refractivity contribution < 1.29 is 0 Å². The molecule has 0 aliphatic rings. The van der Waals surface area contributed by atoms with Gasteiger partial charge in [0.05, 0.1) is 10.4 Å². The first-order valence-corrected chi connectivity index (χ1v) is 13.0. The Morgan fingerprint density at radius 1 is 0.389 bits per heavy atom. The summed E-state index contributed by atoms with van der Waals surface area (Å²) in [6, 6.07) is 47.7. The third-order valence-corrected chi connectivity index (χ3v) is 8.17. The highest BCUT2D eigenvalue weighted by Crippen LogP contribution is 2.44. The van der Waals surface area contributed by atoms with Gasteiger partial charge < -0.3 is 5.32 Å². The number of hydrogen-bond donors (Lipinski definition) is 1. The molecule has 36 heavy (non-hydrogen) atoms. The van der Waals surface area contributed by atoms with Crippen LogP contribution in [0.1, 0.15) is 0 Å². The molecular weight excluding hydrogens is 454 g/mol. The fraction of sp³-hybridized carbons (Fsp3) is 0. The normalized spacial score (nSPS) is 11.3. The summed E-state index contributed by atoms with van der Waals surface area (Å²) in [6.07, 6.45) is 0. The second-order valence-corrected chi connectivity index (χ2v) is 10.1. The summed E-state index contributed by atoms with van der Waals surface area (Å²) in [4.78, 5) is 0. The number of rotatable bonds is 4. The van der Waals surface area contributed by atoms with Gasteiger partial charge in [0.15, 0.2) is 0 Å². The Morgan fingerprint density at radius 3 is 1.89 bits per heavy atom. The van der Waals surface area contributed by atoms with Crippen LogP contribution in [0.4, 0.5) is 11.4 Å². The molecule has 0 atom stereocenters. The van der Waals surface area contributed by atoms with Crippen molar-refractivity contribution >= 4 is 53.7 Å². The van der Waals surface area contributed by atoms with Crippen molar-refractivity contribution in [1.82, 2.24) is 0 Å². The van der Waals surface area contributed by atoms with Gasteiger partial charge in [0.25, 0.3) is 0 Å². The van der Waals surface area contributed by atoms with Crippen molar-refractivity contribution in [2.45, 2.75) is 0 Å². The van der Waals surface area contributed by atoms with E-state index in [1.165, 1.54) is 53.2 Å². The van der Waals surface area contributed by atoms with Gasteiger partial charge in [-0.3, -0.25) is 0 Å². The van der Waals surface area contributed by atoms with E-state index in [9.17, 15) is 0 Å². The number of thiophene rings is 1. The Bertz CT molecular complexity index is 1860. The van der Waals surface area contributed by atoms with E-state index in [1.807, 2.05) is 11.3 Å². The molecule has 0 fully saturated rings. The molecule has 7 aromatic rings. The average molecular weight is 478 g/mol. The van der Waals surface area contributed by atoms with Crippen LogP contribution in [0.2, 0.25) is 0 Å². The Morgan fingerprint density at radius 2 is 0.972 bits per heavy atom. The molecule has 6 aromatic carbocycles. The zero-order valence-electron chi connectivity index (χ0n) is 19.6. The lowest BCUT2D eigenvalue weighted by Gasteiger charge is -2.15. The van der Waals surface area contributed by atoms with Crippen LogP contribution < -0.4 is 5.32 Å². The molecule has 0 saturated heterocycles. The van der Waals surface area contributed by atoms with Crippen molar-refractivity contribution in [1.29, 1.82) is 0 Å². The van der Waals surface area contributed by atoms with Crippen LogP contribution in [0, 0.1) is 0 Å². The summed E-state index contributed by atoms with van der Waals surface area (Å²) in [5.41, 5.74) is 7.24. The molecule has 1 aromatic heterocycles. The Labute approximate surface area is 214 Å². The second-order valence-electron chi connectivity index (χ2n) is 9.03. The van der Waals surface area contributed by atoms with Gasteiger partial charge in [0.2, 0.25) is 0 Å². The fourth-order valence-electron chi connectivity index (χ4n) is 5.20. The molecule has 0 aliphatic carbocycles. The lowest BCUT2D eigenvalue weighted by atomic mass is 9.97. The van der Waals surface area contributed by atoms with E-state index in [2.05, 4.69) is 139 Å². The van der Waals surface area contributed by atoms with E-state index in [1.54, 1.807) is 0 Å². The van der Waals surface area contributed by atoms with E-state index < -0.39 is 0 Å². The predicted octanol–water partition coefficient (Wildman–Crippen LogP) is 10.3. The van der Waals surface area contributed by atoms with Gasteiger partial charge in [-0.1, -0.05) is 121 Å². The summed E-state index contributed by atoms with van der Waals surface area (Å²) >= 11 is 1.87. The molecular formula is C34H23NS. The van der Waals surface area contributed by atoms with Gasteiger partial charge in [0, 0.05) is 26.7 Å². The smallest absolute Gasteiger partial charge is 0.0590 e.